The number of ether oxygens (including phenoxy) is 1. The number of morpholine rings is 1. The highest BCUT2D eigenvalue weighted by atomic mass is 35.5. The van der Waals surface area contributed by atoms with Crippen molar-refractivity contribution in [2.75, 3.05) is 32.1 Å². The van der Waals surface area contributed by atoms with Crippen LogP contribution in [0.1, 0.15) is 0 Å². The van der Waals surface area contributed by atoms with E-state index in [2.05, 4.69) is 4.90 Å². The Hall–Kier alpha value is -0.100. The Morgan fingerprint density at radius 3 is 2.43 bits per heavy atom. The normalized spacial score (nSPS) is 31.3. The molecule has 1 saturated heterocycles. The molecule has 0 amide bonds. The van der Waals surface area contributed by atoms with Gasteiger partial charge in [-0.05, 0) is 0 Å². The van der Waals surface area contributed by atoms with E-state index < -0.39 is 9.84 Å². The van der Waals surface area contributed by atoms with Crippen LogP contribution in [0.25, 0.3) is 0 Å². The number of sulfone groups is 1. The lowest BCUT2D eigenvalue weighted by atomic mass is 10.2. The maximum Gasteiger partial charge on any atom is 0.173 e. The van der Waals surface area contributed by atoms with E-state index in [1.165, 1.54) is 5.41 Å². The fourth-order valence-electron chi connectivity index (χ4n) is 1.70. The molecule has 1 fully saturated rings. The lowest BCUT2D eigenvalue weighted by Crippen LogP contribution is -3.00. The van der Waals surface area contributed by atoms with Gasteiger partial charge in [0.15, 0.2) is 9.84 Å². The van der Waals surface area contributed by atoms with Crippen LogP contribution in [0.5, 0.6) is 0 Å². The average Bonchev–Trinajstić information content (AvgIpc) is 2.48. The summed E-state index contributed by atoms with van der Waals surface area (Å²) in [6, 6.07) is 0.0777. The van der Waals surface area contributed by atoms with Crippen LogP contribution in [0.4, 0.5) is 0 Å². The van der Waals surface area contributed by atoms with E-state index in [1.807, 2.05) is 0 Å². The lowest BCUT2D eigenvalue weighted by molar-refractivity contribution is -0.00000620. The van der Waals surface area contributed by atoms with E-state index in [-0.39, 0.29) is 24.2 Å². The van der Waals surface area contributed by atoms with Gasteiger partial charge in [-0.1, -0.05) is 6.08 Å². The molecule has 0 saturated carbocycles. The van der Waals surface area contributed by atoms with E-state index in [0.29, 0.717) is 13.2 Å². The van der Waals surface area contributed by atoms with Gasteiger partial charge in [-0.2, -0.15) is 0 Å². The zero-order chi connectivity index (χ0) is 9.31. The Bertz CT molecular complexity index is 309. The standard InChI is InChI=1S/C8H13NO3S.ClH/c10-13(11)6-1-8(7-13)9-2-4-12-5-3-9;/h1,6,8H,2-5,7H2;1H/p-1. The third-order valence-corrected chi connectivity index (χ3v) is 3.80. The van der Waals surface area contributed by atoms with Crippen molar-refractivity contribution in [2.24, 2.45) is 0 Å². The fraction of sp³-hybridized carbons (Fsp3) is 0.750. The first-order chi connectivity index (χ1) is 6.17. The Labute approximate surface area is 90.2 Å². The Balaban J connectivity index is 0.000000980. The van der Waals surface area contributed by atoms with Gasteiger partial charge in [0.2, 0.25) is 0 Å². The molecule has 2 aliphatic heterocycles. The first-order valence-electron chi connectivity index (χ1n) is 4.40. The van der Waals surface area contributed by atoms with Crippen LogP contribution in [0.3, 0.4) is 0 Å². The van der Waals surface area contributed by atoms with Gasteiger partial charge in [-0.25, -0.2) is 8.42 Å². The molecule has 2 rings (SSSR count). The summed E-state index contributed by atoms with van der Waals surface area (Å²) in [4.78, 5) is 2.16. The maximum absolute atomic E-state index is 11.1. The molecule has 1 unspecified atom stereocenters. The fourth-order valence-corrected chi connectivity index (χ4v) is 3.03. The first kappa shape index (κ1) is 12.0. The van der Waals surface area contributed by atoms with Crippen molar-refractivity contribution < 1.29 is 25.6 Å². The van der Waals surface area contributed by atoms with Gasteiger partial charge in [-0.15, -0.1) is 0 Å². The molecule has 0 spiro atoms. The Morgan fingerprint density at radius 2 is 1.93 bits per heavy atom. The molecular formula is C8H13ClNO3S-. The van der Waals surface area contributed by atoms with Crippen LogP contribution < -0.4 is 12.4 Å². The second-order valence-electron chi connectivity index (χ2n) is 3.37. The van der Waals surface area contributed by atoms with Crippen LogP contribution in [-0.4, -0.2) is 51.4 Å². The summed E-state index contributed by atoms with van der Waals surface area (Å²) in [5.41, 5.74) is 0. The second-order valence-corrected chi connectivity index (χ2v) is 5.30. The number of hydrogen-bond donors (Lipinski definition) is 0. The highest BCUT2D eigenvalue weighted by Gasteiger charge is 2.27. The lowest BCUT2D eigenvalue weighted by Gasteiger charge is -2.30. The van der Waals surface area contributed by atoms with Crippen molar-refractivity contribution in [3.05, 3.63) is 11.5 Å². The summed E-state index contributed by atoms with van der Waals surface area (Å²) >= 11 is 0. The predicted molar refractivity (Wildman–Crippen MR) is 49.1 cm³/mol. The molecule has 82 valence electrons. The minimum absolute atomic E-state index is 0. The second kappa shape index (κ2) is 4.61. The molecule has 14 heavy (non-hydrogen) atoms. The molecule has 0 aliphatic carbocycles. The quantitative estimate of drug-likeness (QED) is 0.479. The molecule has 2 aliphatic rings. The summed E-state index contributed by atoms with van der Waals surface area (Å²) in [6.45, 7) is 3.10. The van der Waals surface area contributed by atoms with Gasteiger partial charge in [0.25, 0.3) is 0 Å². The minimum Gasteiger partial charge on any atom is -1.00 e. The largest absolute Gasteiger partial charge is 1.00 e. The van der Waals surface area contributed by atoms with Crippen LogP contribution in [0, 0.1) is 0 Å². The molecule has 0 N–H and O–H groups in total. The molecule has 2 heterocycles. The van der Waals surface area contributed by atoms with Crippen molar-refractivity contribution in [1.82, 2.24) is 4.90 Å². The monoisotopic (exact) mass is 238 g/mol. The zero-order valence-corrected chi connectivity index (χ0v) is 9.30. The van der Waals surface area contributed by atoms with E-state index in [1.54, 1.807) is 6.08 Å². The molecule has 6 heteroatoms. The van der Waals surface area contributed by atoms with E-state index in [0.717, 1.165) is 13.1 Å². The van der Waals surface area contributed by atoms with Crippen molar-refractivity contribution in [3.8, 4) is 0 Å². The SMILES string of the molecule is O=S1(=O)C=CC(N2CCOCC2)C1.[Cl-]. The van der Waals surface area contributed by atoms with E-state index >= 15 is 0 Å². The molecule has 0 bridgehead atoms. The summed E-state index contributed by atoms with van der Waals surface area (Å²) in [5, 5.41) is 1.33. The number of halogens is 1. The maximum atomic E-state index is 11.1. The highest BCUT2D eigenvalue weighted by molar-refractivity contribution is 7.94. The van der Waals surface area contributed by atoms with Gasteiger partial charge in [-0.3, -0.25) is 4.90 Å². The molecule has 0 radical (unpaired) electrons. The summed E-state index contributed by atoms with van der Waals surface area (Å²) in [7, 11) is -2.91. The van der Waals surface area contributed by atoms with Crippen LogP contribution in [0.2, 0.25) is 0 Å². The molecule has 4 nitrogen and oxygen atoms in total. The third-order valence-electron chi connectivity index (χ3n) is 2.43. The van der Waals surface area contributed by atoms with Gasteiger partial charge in [0, 0.05) is 24.5 Å². The Morgan fingerprint density at radius 1 is 1.29 bits per heavy atom. The highest BCUT2D eigenvalue weighted by Crippen LogP contribution is 2.15. The van der Waals surface area contributed by atoms with E-state index in [4.69, 9.17) is 4.74 Å². The number of hydrogen-bond acceptors (Lipinski definition) is 4. The summed E-state index contributed by atoms with van der Waals surface area (Å²) in [6.07, 6.45) is 1.78. The van der Waals surface area contributed by atoms with Gasteiger partial charge < -0.3 is 17.1 Å². The van der Waals surface area contributed by atoms with Crippen molar-refractivity contribution in [2.45, 2.75) is 6.04 Å². The number of nitrogens with zero attached hydrogens (tertiary/aromatic N) is 1. The first-order valence-corrected chi connectivity index (χ1v) is 6.12. The average molecular weight is 239 g/mol. The molecule has 0 aromatic rings. The summed E-state index contributed by atoms with van der Waals surface area (Å²) < 4.78 is 27.5. The molecule has 0 aromatic heterocycles. The van der Waals surface area contributed by atoms with Crippen LogP contribution in [0.15, 0.2) is 11.5 Å². The van der Waals surface area contributed by atoms with Gasteiger partial charge >= 0.3 is 0 Å². The van der Waals surface area contributed by atoms with Crippen molar-refractivity contribution >= 4 is 9.84 Å². The van der Waals surface area contributed by atoms with Crippen molar-refractivity contribution in [3.63, 3.8) is 0 Å². The smallest absolute Gasteiger partial charge is 0.173 e. The predicted octanol–water partition coefficient (Wildman–Crippen LogP) is -3.37. The van der Waals surface area contributed by atoms with Crippen LogP contribution in [-0.2, 0) is 14.6 Å². The number of rotatable bonds is 1. The van der Waals surface area contributed by atoms with Crippen LogP contribution >= 0.6 is 0 Å². The summed E-state index contributed by atoms with van der Waals surface area (Å²) in [5.74, 6) is 0.243. The minimum atomic E-state index is -2.91. The third kappa shape index (κ3) is 2.70. The van der Waals surface area contributed by atoms with E-state index in [9.17, 15) is 8.42 Å². The van der Waals surface area contributed by atoms with Gasteiger partial charge in [0.05, 0.1) is 19.0 Å². The van der Waals surface area contributed by atoms with Crippen molar-refractivity contribution in [1.29, 1.82) is 0 Å². The zero-order valence-electron chi connectivity index (χ0n) is 7.73. The molecule has 0 aromatic carbocycles. The Kier molecular flexibility index (Phi) is 3.94. The molecular weight excluding hydrogens is 226 g/mol. The molecule has 1 atom stereocenters. The topological polar surface area (TPSA) is 46.6 Å². The van der Waals surface area contributed by atoms with Gasteiger partial charge in [0.1, 0.15) is 0 Å².